The zero-order chi connectivity index (χ0) is 32.5. The molecule has 3 nitrogen and oxygen atoms in total. The average molecular weight is 638 g/mol. The van der Waals surface area contributed by atoms with Crippen molar-refractivity contribution in [2.75, 3.05) is 6.54 Å². The highest BCUT2D eigenvalue weighted by molar-refractivity contribution is 5.91. The molecule has 236 valence electrons. The van der Waals surface area contributed by atoms with E-state index in [9.17, 15) is 44.3 Å². The minimum Gasteiger partial charge on any atom is -0.449 e. The molecule has 2 saturated heterocycles. The Hall–Kier alpha value is -3.98. The second kappa shape index (κ2) is 10.5. The molecule has 0 aromatic heterocycles. The van der Waals surface area contributed by atoms with Crippen LogP contribution in [0.1, 0.15) is 59.1 Å². The molecule has 2 aromatic rings. The van der Waals surface area contributed by atoms with Crippen molar-refractivity contribution in [2.45, 2.75) is 68.8 Å². The van der Waals surface area contributed by atoms with Crippen LogP contribution in [0.4, 0.5) is 39.5 Å². The number of carbonyl (C=O) groups excluding carboxylic acids is 1. The van der Waals surface area contributed by atoms with E-state index < -0.39 is 52.4 Å². The van der Waals surface area contributed by atoms with Crippen molar-refractivity contribution in [1.82, 2.24) is 4.90 Å². The van der Waals surface area contributed by atoms with Gasteiger partial charge in [-0.1, -0.05) is 24.3 Å². The van der Waals surface area contributed by atoms with E-state index in [0.717, 1.165) is 37.9 Å². The van der Waals surface area contributed by atoms with Gasteiger partial charge in [0.1, 0.15) is 0 Å². The van der Waals surface area contributed by atoms with E-state index in [1.807, 2.05) is 0 Å². The molecule has 0 N–H and O–H groups in total. The lowest BCUT2D eigenvalue weighted by Gasteiger charge is -2.38. The van der Waals surface area contributed by atoms with E-state index in [-0.39, 0.29) is 34.9 Å². The Morgan fingerprint density at radius 2 is 1.56 bits per heavy atom. The zero-order valence-corrected chi connectivity index (χ0v) is 23.6. The van der Waals surface area contributed by atoms with Gasteiger partial charge in [-0.3, -0.25) is 4.90 Å². The minimum atomic E-state index is -5.14. The van der Waals surface area contributed by atoms with Gasteiger partial charge in [-0.2, -0.15) is 39.5 Å². The van der Waals surface area contributed by atoms with Gasteiger partial charge in [0.2, 0.25) is 0 Å². The Morgan fingerprint density at radius 1 is 0.911 bits per heavy atom. The van der Waals surface area contributed by atoms with Gasteiger partial charge in [0.15, 0.2) is 5.60 Å². The van der Waals surface area contributed by atoms with Gasteiger partial charge in [-0.05, 0) is 85.5 Å². The highest BCUT2D eigenvalue weighted by atomic mass is 19.4. The average Bonchev–Trinajstić information content (AvgIpc) is 3.42. The molecule has 0 radical (unpaired) electrons. The smallest absolute Gasteiger partial charge is 0.416 e. The van der Waals surface area contributed by atoms with Crippen molar-refractivity contribution in [3.8, 4) is 11.8 Å². The Morgan fingerprint density at radius 3 is 2.20 bits per heavy atom. The molecule has 2 fully saturated rings. The summed E-state index contributed by atoms with van der Waals surface area (Å²) in [6.07, 6.45) is -7.62. The number of ether oxygens (including phenoxy) is 1. The number of fused-ring (bicyclic) bond motifs is 3. The molecule has 12 heteroatoms. The van der Waals surface area contributed by atoms with E-state index in [1.54, 1.807) is 6.08 Å². The molecule has 3 heterocycles. The molecular formula is C33H24F9NO2. The molecule has 2 bridgehead atoms. The van der Waals surface area contributed by atoms with Gasteiger partial charge in [0, 0.05) is 35.2 Å². The molecule has 0 unspecified atom stereocenters. The molecule has 4 aliphatic rings. The second-order valence-corrected chi connectivity index (χ2v) is 11.7. The molecule has 3 atom stereocenters. The number of aryl methyl sites for hydroxylation is 1. The normalized spacial score (nSPS) is 25.1. The summed E-state index contributed by atoms with van der Waals surface area (Å²) in [6, 6.07) is 3.65. The van der Waals surface area contributed by atoms with E-state index in [1.165, 1.54) is 25.1 Å². The third-order valence-corrected chi connectivity index (χ3v) is 8.65. The predicted molar refractivity (Wildman–Crippen MR) is 145 cm³/mol. The maximum Gasteiger partial charge on any atom is 0.416 e. The highest BCUT2D eigenvalue weighted by Crippen LogP contribution is 2.54. The number of benzene rings is 2. The maximum atomic E-state index is 13.8. The lowest BCUT2D eigenvalue weighted by atomic mass is 9.76. The Balaban J connectivity index is 1.55. The molecule has 1 aliphatic carbocycles. The largest absolute Gasteiger partial charge is 0.449 e. The molecule has 6 rings (SSSR count). The molecule has 2 aromatic carbocycles. The summed E-state index contributed by atoms with van der Waals surface area (Å²) in [6.45, 7) is 2.12. The first kappa shape index (κ1) is 31.0. The van der Waals surface area contributed by atoms with Crippen LogP contribution in [-0.2, 0) is 28.1 Å². The quantitative estimate of drug-likeness (QED) is 0.189. The number of piperidine rings is 1. The highest BCUT2D eigenvalue weighted by Gasteiger charge is 2.61. The second-order valence-electron chi connectivity index (χ2n) is 11.7. The molecule has 45 heavy (non-hydrogen) atoms. The van der Waals surface area contributed by atoms with Crippen LogP contribution in [0, 0.1) is 18.8 Å². The summed E-state index contributed by atoms with van der Waals surface area (Å²) in [7, 11) is 0. The van der Waals surface area contributed by atoms with Crippen molar-refractivity contribution >= 4 is 11.5 Å². The SMILES string of the molecule is Cc1cc(C#C/C(=C\C2=C[C@@H]3C[C@@]4(OC(=O)C=C24)[C@H]2CCCCN32)c2cc(C(F)(F)F)cc(C(F)(F)F)c2)cc(C(F)(F)F)c1. The fourth-order valence-electron chi connectivity index (χ4n) is 6.84. The van der Waals surface area contributed by atoms with Crippen molar-refractivity contribution < 1.29 is 49.0 Å². The first-order valence-electron chi connectivity index (χ1n) is 14.1. The van der Waals surface area contributed by atoms with Crippen molar-refractivity contribution in [3.63, 3.8) is 0 Å². The maximum absolute atomic E-state index is 13.8. The third-order valence-electron chi connectivity index (χ3n) is 8.65. The van der Waals surface area contributed by atoms with Crippen molar-refractivity contribution in [1.29, 1.82) is 0 Å². The summed E-state index contributed by atoms with van der Waals surface area (Å²) in [5, 5.41) is 0. The number of hydrogen-bond donors (Lipinski definition) is 0. The van der Waals surface area contributed by atoms with Gasteiger partial charge < -0.3 is 4.74 Å². The molecule has 0 saturated carbocycles. The van der Waals surface area contributed by atoms with Crippen LogP contribution < -0.4 is 0 Å². The van der Waals surface area contributed by atoms with Crippen molar-refractivity contribution in [2.24, 2.45) is 0 Å². The topological polar surface area (TPSA) is 29.5 Å². The molecule has 1 spiro atoms. The third kappa shape index (κ3) is 5.78. The van der Waals surface area contributed by atoms with E-state index in [4.69, 9.17) is 4.74 Å². The van der Waals surface area contributed by atoms with Crippen LogP contribution in [-0.4, -0.2) is 35.1 Å². The molecular weight excluding hydrogens is 613 g/mol. The first-order chi connectivity index (χ1) is 20.9. The lowest BCUT2D eigenvalue weighted by Crippen LogP contribution is -2.48. The van der Waals surface area contributed by atoms with Gasteiger partial charge >= 0.3 is 24.5 Å². The fourth-order valence-corrected chi connectivity index (χ4v) is 6.84. The predicted octanol–water partition coefficient (Wildman–Crippen LogP) is 8.28. The van der Waals surface area contributed by atoms with Crippen LogP contribution in [0.2, 0.25) is 0 Å². The number of rotatable bonds is 2. The molecule has 3 aliphatic heterocycles. The summed E-state index contributed by atoms with van der Waals surface area (Å²) in [5.74, 6) is 4.48. The van der Waals surface area contributed by atoms with Crippen LogP contribution in [0.15, 0.2) is 65.8 Å². The standard InChI is InChI=1S/C33H24F9NO2/c1-18-8-19(10-23(9-18)31(34,35)36)5-6-20(21-12-24(32(37,38)39)15-25(13-21)33(40,41)42)11-22-14-26-17-30(27(22)16-29(44)45-30)28-4-2-3-7-43(26)28/h8-16,26,28H,2-4,7,17H2,1H3/b20-11+/t26-,28-,30+/m1/s1. The summed E-state index contributed by atoms with van der Waals surface area (Å²) < 4.78 is 129. The Bertz CT molecular complexity index is 1700. The van der Waals surface area contributed by atoms with Crippen LogP contribution in [0.5, 0.6) is 0 Å². The van der Waals surface area contributed by atoms with Gasteiger partial charge in [0.05, 0.1) is 22.7 Å². The van der Waals surface area contributed by atoms with E-state index >= 15 is 0 Å². The van der Waals surface area contributed by atoms with Crippen LogP contribution in [0.25, 0.3) is 5.57 Å². The van der Waals surface area contributed by atoms with Gasteiger partial charge in [-0.15, -0.1) is 0 Å². The number of alkyl halides is 9. The number of hydrogen-bond acceptors (Lipinski definition) is 3. The number of nitrogens with zero attached hydrogens (tertiary/aromatic N) is 1. The van der Waals surface area contributed by atoms with Crippen LogP contribution >= 0.6 is 0 Å². The van der Waals surface area contributed by atoms with E-state index in [0.29, 0.717) is 29.7 Å². The molecule has 0 amide bonds. The van der Waals surface area contributed by atoms with Crippen LogP contribution in [0.3, 0.4) is 0 Å². The zero-order valence-electron chi connectivity index (χ0n) is 23.6. The number of halogens is 9. The summed E-state index contributed by atoms with van der Waals surface area (Å²) in [4.78, 5) is 14.8. The van der Waals surface area contributed by atoms with Gasteiger partial charge in [-0.25, -0.2) is 4.79 Å². The Labute approximate surface area is 252 Å². The van der Waals surface area contributed by atoms with Gasteiger partial charge in [0.25, 0.3) is 0 Å². The Kier molecular flexibility index (Phi) is 7.27. The summed E-state index contributed by atoms with van der Waals surface area (Å²) in [5.41, 5.74) is -5.14. The first-order valence-corrected chi connectivity index (χ1v) is 14.1. The summed E-state index contributed by atoms with van der Waals surface area (Å²) >= 11 is 0. The minimum absolute atomic E-state index is 0.0101. The van der Waals surface area contributed by atoms with Crippen molar-refractivity contribution in [3.05, 3.63) is 99.2 Å². The number of esters is 1. The lowest BCUT2D eigenvalue weighted by molar-refractivity contribution is -0.148. The number of carbonyl (C=O) groups is 1. The monoisotopic (exact) mass is 637 g/mol. The van der Waals surface area contributed by atoms with E-state index in [2.05, 4.69) is 16.7 Å². The number of allylic oxidation sites excluding steroid dienone is 2. The fraction of sp³-hybridized carbons (Fsp3) is 0.364.